The van der Waals surface area contributed by atoms with Gasteiger partial charge in [0.05, 0.1) is 6.61 Å². The lowest BCUT2D eigenvalue weighted by molar-refractivity contribution is 0.210. The van der Waals surface area contributed by atoms with E-state index in [1.165, 1.54) is 5.56 Å². The molecule has 0 unspecified atom stereocenters. The molecular weight excluding hydrogens is 200 g/mol. The molecular formula is C13H24N2O. The molecule has 0 saturated carbocycles. The molecule has 0 aliphatic rings. The van der Waals surface area contributed by atoms with Gasteiger partial charge in [-0.1, -0.05) is 20.8 Å². The van der Waals surface area contributed by atoms with Crippen molar-refractivity contribution in [3.63, 3.8) is 0 Å². The van der Waals surface area contributed by atoms with Crippen LogP contribution in [-0.4, -0.2) is 22.3 Å². The SMILES string of the molecule is CCCn1ccc(CN[C@H](CO)C(C)C)c1. The number of nitrogens with zero attached hydrogens (tertiary/aromatic N) is 1. The largest absolute Gasteiger partial charge is 0.395 e. The first-order chi connectivity index (χ1) is 7.67. The lowest BCUT2D eigenvalue weighted by Gasteiger charge is -2.19. The van der Waals surface area contributed by atoms with Crippen molar-refractivity contribution in [1.82, 2.24) is 9.88 Å². The summed E-state index contributed by atoms with van der Waals surface area (Å²) < 4.78 is 2.21. The van der Waals surface area contributed by atoms with E-state index in [0.29, 0.717) is 5.92 Å². The van der Waals surface area contributed by atoms with E-state index in [1.807, 2.05) is 0 Å². The van der Waals surface area contributed by atoms with Crippen LogP contribution in [0.25, 0.3) is 0 Å². The van der Waals surface area contributed by atoms with Crippen LogP contribution in [0.3, 0.4) is 0 Å². The fourth-order valence-corrected chi connectivity index (χ4v) is 1.75. The van der Waals surface area contributed by atoms with Crippen molar-refractivity contribution in [2.75, 3.05) is 6.61 Å². The second-order valence-corrected chi connectivity index (χ2v) is 4.67. The highest BCUT2D eigenvalue weighted by Gasteiger charge is 2.10. The van der Waals surface area contributed by atoms with Gasteiger partial charge in [0, 0.05) is 31.5 Å². The Morgan fingerprint density at radius 1 is 1.44 bits per heavy atom. The van der Waals surface area contributed by atoms with Crippen LogP contribution in [-0.2, 0) is 13.1 Å². The predicted octanol–water partition coefficient (Wildman–Crippen LogP) is 2.00. The molecule has 16 heavy (non-hydrogen) atoms. The molecule has 1 aromatic rings. The minimum atomic E-state index is 0.189. The fourth-order valence-electron chi connectivity index (χ4n) is 1.75. The molecule has 0 spiro atoms. The van der Waals surface area contributed by atoms with Crippen LogP contribution in [0.5, 0.6) is 0 Å². The van der Waals surface area contributed by atoms with Gasteiger partial charge in [-0.15, -0.1) is 0 Å². The van der Waals surface area contributed by atoms with Crippen molar-refractivity contribution in [3.05, 3.63) is 24.0 Å². The molecule has 1 atom stereocenters. The second kappa shape index (κ2) is 6.71. The zero-order valence-corrected chi connectivity index (χ0v) is 10.6. The van der Waals surface area contributed by atoms with Crippen molar-refractivity contribution >= 4 is 0 Å². The summed E-state index contributed by atoms with van der Waals surface area (Å²) in [6.07, 6.45) is 5.45. The summed E-state index contributed by atoms with van der Waals surface area (Å²) in [5.41, 5.74) is 1.28. The lowest BCUT2D eigenvalue weighted by atomic mass is 10.1. The average Bonchev–Trinajstić information content (AvgIpc) is 2.67. The molecule has 0 aromatic carbocycles. The van der Waals surface area contributed by atoms with Crippen molar-refractivity contribution in [1.29, 1.82) is 0 Å². The van der Waals surface area contributed by atoms with Crippen molar-refractivity contribution in [3.8, 4) is 0 Å². The number of hydrogen-bond donors (Lipinski definition) is 2. The summed E-state index contributed by atoms with van der Waals surface area (Å²) in [5, 5.41) is 12.6. The number of aryl methyl sites for hydroxylation is 1. The van der Waals surface area contributed by atoms with Crippen molar-refractivity contribution < 1.29 is 5.11 Å². The molecule has 1 aromatic heterocycles. The highest BCUT2D eigenvalue weighted by atomic mass is 16.3. The maximum atomic E-state index is 9.20. The zero-order valence-electron chi connectivity index (χ0n) is 10.6. The molecule has 0 saturated heterocycles. The van der Waals surface area contributed by atoms with Gasteiger partial charge in [0.25, 0.3) is 0 Å². The number of aromatic nitrogens is 1. The van der Waals surface area contributed by atoms with Crippen molar-refractivity contribution in [2.24, 2.45) is 5.92 Å². The van der Waals surface area contributed by atoms with Crippen molar-refractivity contribution in [2.45, 2.75) is 46.3 Å². The molecule has 92 valence electrons. The van der Waals surface area contributed by atoms with E-state index in [-0.39, 0.29) is 12.6 Å². The molecule has 0 aliphatic heterocycles. The molecule has 2 N–H and O–H groups in total. The summed E-state index contributed by atoms with van der Waals surface area (Å²) in [6, 6.07) is 2.33. The highest BCUT2D eigenvalue weighted by Crippen LogP contribution is 2.05. The monoisotopic (exact) mass is 224 g/mol. The average molecular weight is 224 g/mol. The number of hydrogen-bond acceptors (Lipinski definition) is 2. The van der Waals surface area contributed by atoms with E-state index in [9.17, 15) is 5.11 Å². The summed E-state index contributed by atoms with van der Waals surface area (Å²) in [5.74, 6) is 0.461. The molecule has 1 heterocycles. The number of aliphatic hydroxyl groups is 1. The molecule has 0 radical (unpaired) electrons. The van der Waals surface area contributed by atoms with Gasteiger partial charge in [0.1, 0.15) is 0 Å². The van der Waals surface area contributed by atoms with Crippen LogP contribution in [0.4, 0.5) is 0 Å². The van der Waals surface area contributed by atoms with E-state index < -0.39 is 0 Å². The first-order valence-corrected chi connectivity index (χ1v) is 6.16. The quantitative estimate of drug-likeness (QED) is 0.743. The predicted molar refractivity (Wildman–Crippen MR) is 67.3 cm³/mol. The molecule has 0 amide bonds. The summed E-state index contributed by atoms with van der Waals surface area (Å²) >= 11 is 0. The van der Waals surface area contributed by atoms with E-state index in [2.05, 4.69) is 49.1 Å². The first kappa shape index (κ1) is 13.3. The Bertz CT molecular complexity index is 294. The normalized spacial score (nSPS) is 13.3. The topological polar surface area (TPSA) is 37.2 Å². The Balaban J connectivity index is 2.41. The molecule has 1 rings (SSSR count). The van der Waals surface area contributed by atoms with Gasteiger partial charge in [-0.3, -0.25) is 0 Å². The Hall–Kier alpha value is -0.800. The maximum Gasteiger partial charge on any atom is 0.0587 e. The van der Waals surface area contributed by atoms with Gasteiger partial charge in [-0.25, -0.2) is 0 Å². The Morgan fingerprint density at radius 2 is 2.19 bits per heavy atom. The maximum absolute atomic E-state index is 9.20. The van der Waals surface area contributed by atoms with E-state index in [4.69, 9.17) is 0 Å². The Labute approximate surface area is 98.5 Å². The molecule has 0 fully saturated rings. The highest BCUT2D eigenvalue weighted by molar-refractivity contribution is 5.10. The molecule has 0 aliphatic carbocycles. The minimum Gasteiger partial charge on any atom is -0.395 e. The minimum absolute atomic E-state index is 0.189. The smallest absolute Gasteiger partial charge is 0.0587 e. The Morgan fingerprint density at radius 3 is 2.75 bits per heavy atom. The van der Waals surface area contributed by atoms with Gasteiger partial charge in [-0.05, 0) is 24.0 Å². The first-order valence-electron chi connectivity index (χ1n) is 6.16. The van der Waals surface area contributed by atoms with Crippen LogP contribution >= 0.6 is 0 Å². The van der Waals surface area contributed by atoms with Crippen LogP contribution in [0.15, 0.2) is 18.5 Å². The van der Waals surface area contributed by atoms with Gasteiger partial charge in [0.15, 0.2) is 0 Å². The second-order valence-electron chi connectivity index (χ2n) is 4.67. The number of rotatable bonds is 7. The number of aliphatic hydroxyl groups excluding tert-OH is 1. The molecule has 0 bridgehead atoms. The third kappa shape index (κ3) is 3.99. The lowest BCUT2D eigenvalue weighted by Crippen LogP contribution is -2.36. The number of nitrogens with one attached hydrogen (secondary N) is 1. The summed E-state index contributed by atoms with van der Waals surface area (Å²) in [6.45, 7) is 8.53. The van der Waals surface area contributed by atoms with Crippen LogP contribution < -0.4 is 5.32 Å². The standard InChI is InChI=1S/C13H24N2O/c1-4-6-15-7-5-12(9-15)8-14-13(10-16)11(2)3/h5,7,9,11,13-14,16H,4,6,8,10H2,1-3H3/t13-/m1/s1. The van der Waals surface area contributed by atoms with Gasteiger partial charge >= 0.3 is 0 Å². The van der Waals surface area contributed by atoms with E-state index in [1.54, 1.807) is 0 Å². The van der Waals surface area contributed by atoms with Crippen LogP contribution in [0.1, 0.15) is 32.8 Å². The van der Waals surface area contributed by atoms with E-state index in [0.717, 1.165) is 19.5 Å². The third-order valence-electron chi connectivity index (χ3n) is 2.86. The molecule has 3 nitrogen and oxygen atoms in total. The Kier molecular flexibility index (Phi) is 5.56. The van der Waals surface area contributed by atoms with Crippen LogP contribution in [0.2, 0.25) is 0 Å². The fraction of sp³-hybridized carbons (Fsp3) is 0.692. The van der Waals surface area contributed by atoms with E-state index >= 15 is 0 Å². The third-order valence-corrected chi connectivity index (χ3v) is 2.86. The molecule has 3 heteroatoms. The summed E-state index contributed by atoms with van der Waals surface area (Å²) in [4.78, 5) is 0. The zero-order chi connectivity index (χ0) is 12.0. The summed E-state index contributed by atoms with van der Waals surface area (Å²) in [7, 11) is 0. The van der Waals surface area contributed by atoms with Gasteiger partial charge in [0.2, 0.25) is 0 Å². The van der Waals surface area contributed by atoms with Crippen LogP contribution in [0, 0.1) is 5.92 Å². The van der Waals surface area contributed by atoms with Gasteiger partial charge < -0.3 is 15.0 Å². The van der Waals surface area contributed by atoms with Gasteiger partial charge in [-0.2, -0.15) is 0 Å².